The molecule has 0 aliphatic carbocycles. The number of hydrogen-bond donors (Lipinski definition) is 1. The first-order chi connectivity index (χ1) is 14.2. The zero-order valence-corrected chi connectivity index (χ0v) is 16.1. The molecular weight excluding hydrogens is 390 g/mol. The van der Waals surface area contributed by atoms with Crippen LogP contribution in [0.25, 0.3) is 22.4 Å². The first-order valence-electron chi connectivity index (χ1n) is 9.19. The van der Waals surface area contributed by atoms with Gasteiger partial charge in [0.1, 0.15) is 19.0 Å². The number of pyridine rings is 1. The van der Waals surface area contributed by atoms with Gasteiger partial charge in [0, 0.05) is 23.7 Å². The van der Waals surface area contributed by atoms with Gasteiger partial charge in [-0.2, -0.15) is 0 Å². The number of fused-ring (bicyclic) bond motifs is 2. The molecule has 0 atom stereocenters. The lowest BCUT2D eigenvalue weighted by Crippen LogP contribution is -2.16. The van der Waals surface area contributed by atoms with Crippen molar-refractivity contribution in [2.45, 2.75) is 6.42 Å². The van der Waals surface area contributed by atoms with Crippen LogP contribution in [0, 0.1) is 0 Å². The fourth-order valence-electron chi connectivity index (χ4n) is 3.35. The van der Waals surface area contributed by atoms with Gasteiger partial charge in [-0.1, -0.05) is 17.7 Å². The Balaban J connectivity index is 1.43. The Labute approximate surface area is 171 Å². The highest BCUT2D eigenvalue weighted by atomic mass is 35.5. The summed E-state index contributed by atoms with van der Waals surface area (Å²) in [7, 11) is 0. The van der Waals surface area contributed by atoms with E-state index in [1.165, 1.54) is 0 Å². The molecular formula is C22H16ClN3O3. The summed E-state index contributed by atoms with van der Waals surface area (Å²) in [6, 6.07) is 12.6. The van der Waals surface area contributed by atoms with E-state index in [4.69, 9.17) is 21.1 Å². The molecule has 6 nitrogen and oxygen atoms in total. The molecule has 0 amide bonds. The first-order valence-corrected chi connectivity index (χ1v) is 9.56. The molecule has 0 fully saturated rings. The van der Waals surface area contributed by atoms with Crippen molar-refractivity contribution in [2.75, 3.05) is 13.2 Å². The number of halogens is 1. The van der Waals surface area contributed by atoms with Crippen molar-refractivity contribution in [1.29, 1.82) is 0 Å². The Hall–Kier alpha value is -3.38. The van der Waals surface area contributed by atoms with Crippen LogP contribution in [0.5, 0.6) is 11.5 Å². The summed E-state index contributed by atoms with van der Waals surface area (Å²) < 4.78 is 11.1. The van der Waals surface area contributed by atoms with E-state index in [1.54, 1.807) is 36.7 Å². The van der Waals surface area contributed by atoms with Gasteiger partial charge in [0.05, 0.1) is 22.3 Å². The summed E-state index contributed by atoms with van der Waals surface area (Å²) in [5.41, 5.74) is 3.82. The molecule has 2 aromatic heterocycles. The summed E-state index contributed by atoms with van der Waals surface area (Å²) in [6.07, 6.45) is 3.65. The molecule has 1 N–H and O–H groups in total. The van der Waals surface area contributed by atoms with Crippen LogP contribution in [0.1, 0.15) is 15.9 Å². The predicted octanol–water partition coefficient (Wildman–Crippen LogP) is 4.47. The monoisotopic (exact) mass is 405 g/mol. The van der Waals surface area contributed by atoms with Gasteiger partial charge in [-0.15, -0.1) is 0 Å². The second kappa shape index (κ2) is 7.22. The van der Waals surface area contributed by atoms with E-state index < -0.39 is 0 Å². The van der Waals surface area contributed by atoms with Gasteiger partial charge in [-0.25, -0.2) is 4.98 Å². The molecule has 7 heteroatoms. The van der Waals surface area contributed by atoms with Crippen molar-refractivity contribution in [3.05, 3.63) is 71.0 Å². The quantitative estimate of drug-likeness (QED) is 0.507. The number of carbonyl (C=O) groups is 1. The number of imidazole rings is 1. The highest BCUT2D eigenvalue weighted by Gasteiger charge is 2.16. The van der Waals surface area contributed by atoms with Crippen LogP contribution in [0.3, 0.4) is 0 Å². The smallest absolute Gasteiger partial charge is 0.167 e. The summed E-state index contributed by atoms with van der Waals surface area (Å²) in [5, 5.41) is 0.563. The Morgan fingerprint density at radius 1 is 1.07 bits per heavy atom. The summed E-state index contributed by atoms with van der Waals surface area (Å²) in [4.78, 5) is 24.7. The van der Waals surface area contributed by atoms with Crippen LogP contribution in [-0.2, 0) is 6.42 Å². The fraction of sp³-hybridized carbons (Fsp3) is 0.136. The van der Waals surface area contributed by atoms with Gasteiger partial charge >= 0.3 is 0 Å². The van der Waals surface area contributed by atoms with Crippen LogP contribution >= 0.6 is 11.6 Å². The van der Waals surface area contributed by atoms with Crippen molar-refractivity contribution in [3.63, 3.8) is 0 Å². The molecule has 0 spiro atoms. The topological polar surface area (TPSA) is 77.1 Å². The normalized spacial score (nSPS) is 12.9. The number of aromatic amines is 1. The molecule has 1 aliphatic rings. The third-order valence-electron chi connectivity index (χ3n) is 4.80. The van der Waals surface area contributed by atoms with Crippen molar-refractivity contribution >= 4 is 28.4 Å². The average molecular weight is 406 g/mol. The number of nitrogens with zero attached hydrogens (tertiary/aromatic N) is 2. The molecule has 0 saturated heterocycles. The molecule has 1 aliphatic heterocycles. The Bertz CT molecular complexity index is 1200. The molecule has 4 aromatic rings. The number of benzene rings is 2. The molecule has 0 saturated carbocycles. The highest BCUT2D eigenvalue weighted by Crippen LogP contribution is 2.32. The number of carbonyl (C=O) groups excluding carboxylic acids is 1. The number of aromatic nitrogens is 3. The van der Waals surface area contributed by atoms with E-state index >= 15 is 0 Å². The predicted molar refractivity (Wildman–Crippen MR) is 110 cm³/mol. The van der Waals surface area contributed by atoms with Crippen molar-refractivity contribution < 1.29 is 14.3 Å². The van der Waals surface area contributed by atoms with E-state index in [2.05, 4.69) is 15.0 Å². The zero-order valence-electron chi connectivity index (χ0n) is 15.3. The maximum atomic E-state index is 12.8. The van der Waals surface area contributed by atoms with Crippen molar-refractivity contribution in [1.82, 2.24) is 15.0 Å². The molecule has 3 heterocycles. The SMILES string of the molecule is O=C(Cc1ccc(Cl)c(-c2nc3ccncc3[nH]2)c1)c1ccc2c(c1)OCCO2. The van der Waals surface area contributed by atoms with Crippen LogP contribution < -0.4 is 9.47 Å². The van der Waals surface area contributed by atoms with Crippen molar-refractivity contribution in [2.24, 2.45) is 0 Å². The van der Waals surface area contributed by atoms with E-state index in [0.717, 1.165) is 22.2 Å². The minimum absolute atomic E-state index is 0.0101. The molecule has 0 unspecified atom stereocenters. The van der Waals surface area contributed by atoms with Crippen molar-refractivity contribution in [3.8, 4) is 22.9 Å². The largest absolute Gasteiger partial charge is 0.486 e. The second-order valence-electron chi connectivity index (χ2n) is 6.75. The maximum Gasteiger partial charge on any atom is 0.167 e. The summed E-state index contributed by atoms with van der Waals surface area (Å²) >= 11 is 6.40. The van der Waals surface area contributed by atoms with Gasteiger partial charge < -0.3 is 14.5 Å². The van der Waals surface area contributed by atoms with E-state index in [-0.39, 0.29) is 12.2 Å². The number of ether oxygens (including phenoxy) is 2. The van der Waals surface area contributed by atoms with E-state index in [1.807, 2.05) is 18.2 Å². The van der Waals surface area contributed by atoms with Gasteiger partial charge in [-0.05, 0) is 42.0 Å². The number of nitrogens with one attached hydrogen (secondary N) is 1. The maximum absolute atomic E-state index is 12.8. The van der Waals surface area contributed by atoms with Gasteiger partial charge in [-0.3, -0.25) is 9.78 Å². The molecule has 2 aromatic carbocycles. The third-order valence-corrected chi connectivity index (χ3v) is 5.13. The van der Waals surface area contributed by atoms with E-state index in [9.17, 15) is 4.79 Å². The van der Waals surface area contributed by atoms with Crippen LogP contribution in [0.2, 0.25) is 5.02 Å². The lowest BCUT2D eigenvalue weighted by molar-refractivity contribution is 0.0991. The lowest BCUT2D eigenvalue weighted by atomic mass is 10.0. The number of H-pyrrole nitrogens is 1. The minimum atomic E-state index is -0.0101. The second-order valence-corrected chi connectivity index (χ2v) is 7.16. The lowest BCUT2D eigenvalue weighted by Gasteiger charge is -2.18. The van der Waals surface area contributed by atoms with Crippen LogP contribution in [0.15, 0.2) is 54.9 Å². The molecule has 0 radical (unpaired) electrons. The molecule has 29 heavy (non-hydrogen) atoms. The fourth-order valence-corrected chi connectivity index (χ4v) is 3.56. The van der Waals surface area contributed by atoms with Gasteiger partial charge in [0.15, 0.2) is 17.3 Å². The summed E-state index contributed by atoms with van der Waals surface area (Å²) in [5.74, 6) is 1.91. The Morgan fingerprint density at radius 2 is 1.93 bits per heavy atom. The third kappa shape index (κ3) is 3.43. The minimum Gasteiger partial charge on any atom is -0.486 e. The highest BCUT2D eigenvalue weighted by molar-refractivity contribution is 6.33. The number of rotatable bonds is 4. The molecule has 144 valence electrons. The zero-order chi connectivity index (χ0) is 19.8. The standard InChI is InChI=1S/C22H16ClN3O3/c23-16-3-1-13(9-15(16)22-25-17-5-6-24-12-18(17)26-22)10-19(27)14-2-4-20-21(11-14)29-8-7-28-20/h1-6,9,11-12H,7-8,10H2,(H,25,26). The Kier molecular flexibility index (Phi) is 4.41. The average Bonchev–Trinajstić information content (AvgIpc) is 3.18. The van der Waals surface area contributed by atoms with Crippen LogP contribution in [0.4, 0.5) is 0 Å². The van der Waals surface area contributed by atoms with E-state index in [0.29, 0.717) is 41.1 Å². The molecule has 0 bridgehead atoms. The van der Waals surface area contributed by atoms with Gasteiger partial charge in [0.25, 0.3) is 0 Å². The number of Topliss-reactive ketones (excluding diaryl/α,β-unsaturated/α-hetero) is 1. The number of hydrogen-bond acceptors (Lipinski definition) is 5. The molecule has 5 rings (SSSR count). The van der Waals surface area contributed by atoms with Gasteiger partial charge in [0.2, 0.25) is 0 Å². The Morgan fingerprint density at radius 3 is 2.79 bits per heavy atom. The first kappa shape index (κ1) is 17.7. The summed E-state index contributed by atoms with van der Waals surface area (Å²) in [6.45, 7) is 1.00. The number of ketones is 1. The van der Waals surface area contributed by atoms with Crippen LogP contribution in [-0.4, -0.2) is 33.9 Å².